The van der Waals surface area contributed by atoms with Crippen LogP contribution in [0.3, 0.4) is 0 Å². The topological polar surface area (TPSA) is 56.5 Å². The fourth-order valence-corrected chi connectivity index (χ4v) is 9.32. The van der Waals surface area contributed by atoms with Gasteiger partial charge in [-0.3, -0.25) is 9.55 Å². The molecule has 0 atom stereocenters. The lowest BCUT2D eigenvalue weighted by atomic mass is 9.75. The van der Waals surface area contributed by atoms with Crippen LogP contribution in [0.2, 0.25) is 0 Å². The van der Waals surface area contributed by atoms with Crippen molar-refractivity contribution in [3.63, 3.8) is 0 Å². The Morgan fingerprint density at radius 1 is 0.549 bits per heavy atom. The highest BCUT2D eigenvalue weighted by atomic mass is 32.2. The molecule has 9 aromatic rings. The van der Waals surface area contributed by atoms with Gasteiger partial charge >= 0.3 is 0 Å². The van der Waals surface area contributed by atoms with Crippen molar-refractivity contribution < 1.29 is 0 Å². The first-order chi connectivity index (χ1) is 25.1. The van der Waals surface area contributed by atoms with E-state index in [-0.39, 0.29) is 5.41 Å². The van der Waals surface area contributed by atoms with Crippen LogP contribution in [0.5, 0.6) is 0 Å². The van der Waals surface area contributed by atoms with Crippen LogP contribution in [0.15, 0.2) is 162 Å². The second-order valence-electron chi connectivity index (χ2n) is 13.5. The monoisotopic (exact) mass is 673 g/mol. The van der Waals surface area contributed by atoms with Crippen molar-refractivity contribution in [3.05, 3.63) is 163 Å². The van der Waals surface area contributed by atoms with Gasteiger partial charge in [-0.2, -0.15) is 9.97 Å². The normalized spacial score (nSPS) is 13.4. The average Bonchev–Trinajstić information content (AvgIpc) is 3.54. The van der Waals surface area contributed by atoms with Crippen LogP contribution in [0.4, 0.5) is 0 Å². The van der Waals surface area contributed by atoms with Gasteiger partial charge in [0.25, 0.3) is 0 Å². The highest BCUT2D eigenvalue weighted by Gasteiger charge is 2.37. The molecule has 3 aromatic heterocycles. The van der Waals surface area contributed by atoms with Gasteiger partial charge in [0.05, 0.1) is 16.7 Å². The Morgan fingerprint density at radius 2 is 1.18 bits per heavy atom. The number of para-hydroxylation sites is 1. The molecule has 6 aromatic carbocycles. The van der Waals surface area contributed by atoms with Crippen LogP contribution in [0.25, 0.3) is 72.6 Å². The molecule has 0 amide bonds. The summed E-state index contributed by atoms with van der Waals surface area (Å²) in [7, 11) is 0. The summed E-state index contributed by atoms with van der Waals surface area (Å²) >= 11 is 1.86. The third-order valence-electron chi connectivity index (χ3n) is 10.1. The lowest BCUT2D eigenvalue weighted by molar-refractivity contribution is 0.615. The van der Waals surface area contributed by atoms with E-state index in [1.165, 1.54) is 42.5 Å². The van der Waals surface area contributed by atoms with E-state index in [2.05, 4.69) is 133 Å². The highest BCUT2D eigenvalue weighted by molar-refractivity contribution is 7.99. The second kappa shape index (κ2) is 11.5. The zero-order chi connectivity index (χ0) is 34.1. The summed E-state index contributed by atoms with van der Waals surface area (Å²) in [6, 6.07) is 50.8. The van der Waals surface area contributed by atoms with E-state index in [0.29, 0.717) is 17.6 Å². The van der Waals surface area contributed by atoms with Crippen molar-refractivity contribution in [2.24, 2.45) is 0 Å². The molecule has 0 radical (unpaired) electrons. The van der Waals surface area contributed by atoms with Gasteiger partial charge in [-0.15, -0.1) is 0 Å². The molecule has 0 unspecified atom stereocenters. The minimum absolute atomic E-state index is 0.235. The fourth-order valence-electron chi connectivity index (χ4n) is 7.77. The molecule has 0 fully saturated rings. The van der Waals surface area contributed by atoms with Gasteiger partial charge in [0.1, 0.15) is 0 Å². The smallest absolute Gasteiger partial charge is 0.238 e. The van der Waals surface area contributed by atoms with Crippen LogP contribution in [0, 0.1) is 0 Å². The molecular weight excluding hydrogens is 643 g/mol. The van der Waals surface area contributed by atoms with E-state index in [1.807, 2.05) is 54.4 Å². The lowest BCUT2D eigenvalue weighted by Crippen LogP contribution is -2.24. The van der Waals surface area contributed by atoms with Gasteiger partial charge in [-0.25, -0.2) is 4.98 Å². The fraction of sp³-hybridized carbons (Fsp3) is 0.0667. The number of hydrogen-bond donors (Lipinski definition) is 0. The van der Waals surface area contributed by atoms with Crippen LogP contribution in [0.1, 0.15) is 25.0 Å². The Morgan fingerprint density at radius 3 is 1.94 bits per heavy atom. The summed E-state index contributed by atoms with van der Waals surface area (Å²) in [4.78, 5) is 22.7. The van der Waals surface area contributed by atoms with Gasteiger partial charge < -0.3 is 0 Å². The molecule has 1 aliphatic rings. The number of nitrogens with zero attached hydrogens (tertiary/aromatic N) is 5. The Kier molecular flexibility index (Phi) is 6.70. The number of benzene rings is 6. The van der Waals surface area contributed by atoms with Gasteiger partial charge in [-0.05, 0) is 46.2 Å². The molecule has 0 bridgehead atoms. The van der Waals surface area contributed by atoms with Crippen LogP contribution in [-0.4, -0.2) is 24.5 Å². The summed E-state index contributed by atoms with van der Waals surface area (Å²) in [6.07, 6.45) is 1.82. The molecule has 0 saturated heterocycles. The number of aromatic nitrogens is 5. The lowest BCUT2D eigenvalue weighted by Gasteiger charge is -2.36. The van der Waals surface area contributed by atoms with Gasteiger partial charge in [0, 0.05) is 48.9 Å². The van der Waals surface area contributed by atoms with E-state index in [9.17, 15) is 0 Å². The Hall–Kier alpha value is -6.11. The van der Waals surface area contributed by atoms with E-state index in [1.54, 1.807) is 0 Å². The summed E-state index contributed by atoms with van der Waals surface area (Å²) in [5.41, 5.74) is 8.44. The Balaban J connectivity index is 1.30. The van der Waals surface area contributed by atoms with E-state index < -0.39 is 0 Å². The van der Waals surface area contributed by atoms with Crippen molar-refractivity contribution in [3.8, 4) is 40.0 Å². The predicted molar refractivity (Wildman–Crippen MR) is 208 cm³/mol. The van der Waals surface area contributed by atoms with Crippen molar-refractivity contribution in [2.45, 2.75) is 29.1 Å². The van der Waals surface area contributed by atoms with Crippen molar-refractivity contribution >= 4 is 44.3 Å². The maximum atomic E-state index is 5.30. The van der Waals surface area contributed by atoms with Crippen molar-refractivity contribution in [1.29, 1.82) is 0 Å². The number of pyridine rings is 1. The molecule has 242 valence electrons. The Labute approximate surface area is 299 Å². The maximum Gasteiger partial charge on any atom is 0.238 e. The maximum absolute atomic E-state index is 5.30. The van der Waals surface area contributed by atoms with Crippen molar-refractivity contribution in [2.75, 3.05) is 0 Å². The summed E-state index contributed by atoms with van der Waals surface area (Å²) in [6.45, 7) is 4.72. The highest BCUT2D eigenvalue weighted by Crippen LogP contribution is 2.55. The molecule has 4 heterocycles. The summed E-state index contributed by atoms with van der Waals surface area (Å²) < 4.78 is 2.28. The predicted octanol–water partition coefficient (Wildman–Crippen LogP) is 11.3. The van der Waals surface area contributed by atoms with E-state index >= 15 is 0 Å². The van der Waals surface area contributed by atoms with Crippen LogP contribution < -0.4 is 0 Å². The molecule has 6 heteroatoms. The minimum atomic E-state index is -0.235. The van der Waals surface area contributed by atoms with Crippen LogP contribution >= 0.6 is 11.8 Å². The molecule has 0 N–H and O–H groups in total. The molecular formula is C45H31N5S. The van der Waals surface area contributed by atoms with Gasteiger partial charge in [-0.1, -0.05) is 147 Å². The average molecular weight is 674 g/mol. The molecule has 1 aliphatic heterocycles. The molecule has 10 rings (SSSR count). The summed E-state index contributed by atoms with van der Waals surface area (Å²) in [5.74, 6) is 1.84. The zero-order valence-corrected chi connectivity index (χ0v) is 28.9. The molecule has 0 aliphatic carbocycles. The SMILES string of the molecule is CC1(C)c2ccccc2Sc2c1c1ccccc1c1c3ccccc3n(-c3nc(-c4ccccc4)nc(-c4ccc(-c5ccccn5)cc4)n3)c21. The zero-order valence-electron chi connectivity index (χ0n) is 28.1. The third kappa shape index (κ3) is 4.64. The van der Waals surface area contributed by atoms with Gasteiger partial charge in [0.2, 0.25) is 5.95 Å². The Bertz CT molecular complexity index is 2790. The van der Waals surface area contributed by atoms with Gasteiger partial charge in [0.15, 0.2) is 11.6 Å². The number of hydrogen-bond acceptors (Lipinski definition) is 5. The molecule has 51 heavy (non-hydrogen) atoms. The molecule has 0 saturated carbocycles. The first-order valence-corrected chi connectivity index (χ1v) is 18.0. The van der Waals surface area contributed by atoms with E-state index in [4.69, 9.17) is 15.0 Å². The third-order valence-corrected chi connectivity index (χ3v) is 11.3. The largest absolute Gasteiger partial charge is 0.277 e. The molecule has 0 spiro atoms. The first-order valence-electron chi connectivity index (χ1n) is 17.2. The van der Waals surface area contributed by atoms with Crippen LogP contribution in [-0.2, 0) is 5.41 Å². The first kappa shape index (κ1) is 29.8. The number of fused-ring (bicyclic) bond motifs is 9. The van der Waals surface area contributed by atoms with Crippen molar-refractivity contribution in [1.82, 2.24) is 24.5 Å². The molecule has 5 nitrogen and oxygen atoms in total. The minimum Gasteiger partial charge on any atom is -0.277 e. The summed E-state index contributed by atoms with van der Waals surface area (Å²) in [5, 5.41) is 4.90. The second-order valence-corrected chi connectivity index (χ2v) is 14.5. The van der Waals surface area contributed by atoms with E-state index in [0.717, 1.165) is 33.4 Å². The standard InChI is InChI=1S/C45H31N5S/c1-45(2)34-19-9-11-22-37(34)51-41-39(45)32-17-7-6-16-31(32)38-33-18-8-10-21-36(33)50(40(38)41)44-48-42(29-14-4-3-5-15-29)47-43(49-44)30-25-23-28(24-26-30)35-20-12-13-27-46-35/h3-27H,1-2H3. The number of rotatable bonds is 4. The quantitative estimate of drug-likeness (QED) is 0.186.